The number of nitrogens with zero attached hydrogens (tertiary/aromatic N) is 1. The molecule has 0 unspecified atom stereocenters. The molecule has 2 fully saturated rings. The predicted molar refractivity (Wildman–Crippen MR) is 78.7 cm³/mol. The second-order valence-corrected chi connectivity index (χ2v) is 6.57. The van der Waals surface area contributed by atoms with Crippen LogP contribution in [0.25, 0.3) is 0 Å². The summed E-state index contributed by atoms with van der Waals surface area (Å²) in [6.45, 7) is 1.02. The van der Waals surface area contributed by atoms with E-state index in [4.69, 9.17) is 0 Å². The Balaban J connectivity index is 1.67. The number of hydrogen-bond donors (Lipinski definition) is 1. The number of benzene rings is 1. The highest BCUT2D eigenvalue weighted by atomic mass is 127. The lowest BCUT2D eigenvalue weighted by Crippen LogP contribution is -2.17. The summed E-state index contributed by atoms with van der Waals surface area (Å²) in [5, 5.41) is 14.1. The number of nitrogens with one attached hydrogen (secondary N) is 1. The Bertz CT molecular complexity index is 496. The summed E-state index contributed by atoms with van der Waals surface area (Å²) in [5.41, 5.74) is 1.73. The average Bonchev–Trinajstić information content (AvgIpc) is 3.19. The smallest absolute Gasteiger partial charge is 0.270 e. The molecule has 0 heterocycles. The Labute approximate surface area is 119 Å². The molecule has 1 aromatic rings. The van der Waals surface area contributed by atoms with Gasteiger partial charge in [0.15, 0.2) is 0 Å². The fraction of sp³-hybridized carbons (Fsp3) is 0.538. The summed E-state index contributed by atoms with van der Waals surface area (Å²) in [5.74, 6) is 0.931. The second kappa shape index (κ2) is 4.36. The van der Waals surface area contributed by atoms with Crippen LogP contribution in [0.2, 0.25) is 0 Å². The van der Waals surface area contributed by atoms with Crippen LogP contribution in [0.3, 0.4) is 0 Å². The molecule has 0 bridgehead atoms. The molecule has 0 aliphatic heterocycles. The van der Waals surface area contributed by atoms with Crippen molar-refractivity contribution in [3.05, 3.63) is 31.9 Å². The fourth-order valence-corrected chi connectivity index (χ4v) is 3.31. The maximum atomic E-state index is 10.7. The van der Waals surface area contributed by atoms with Gasteiger partial charge in [-0.05, 0) is 65.7 Å². The first-order chi connectivity index (χ1) is 8.61. The monoisotopic (exact) mass is 358 g/mol. The fourth-order valence-electron chi connectivity index (χ4n) is 2.62. The predicted octanol–water partition coefficient (Wildman–Crippen LogP) is 3.80. The first-order valence-electron chi connectivity index (χ1n) is 6.29. The Morgan fingerprint density at radius 1 is 1.44 bits per heavy atom. The van der Waals surface area contributed by atoms with Gasteiger partial charge in [-0.3, -0.25) is 10.1 Å². The zero-order chi connectivity index (χ0) is 12.8. The minimum Gasteiger partial charge on any atom is -0.384 e. The van der Waals surface area contributed by atoms with Gasteiger partial charge in [0.25, 0.3) is 5.69 Å². The maximum absolute atomic E-state index is 10.7. The first kappa shape index (κ1) is 12.2. The number of nitro groups is 1. The Morgan fingerprint density at radius 3 is 2.67 bits per heavy atom. The molecule has 1 N–H and O–H groups in total. The van der Waals surface area contributed by atoms with Gasteiger partial charge in [0.05, 0.1) is 4.92 Å². The number of non-ortho nitro benzene ring substituents is 1. The molecule has 0 spiro atoms. The summed E-state index contributed by atoms with van der Waals surface area (Å²) in [7, 11) is 0. The van der Waals surface area contributed by atoms with Crippen molar-refractivity contribution in [1.29, 1.82) is 0 Å². The zero-order valence-electron chi connectivity index (χ0n) is 9.99. The average molecular weight is 358 g/mol. The number of hydrogen-bond acceptors (Lipinski definition) is 3. The van der Waals surface area contributed by atoms with Crippen molar-refractivity contribution in [3.63, 3.8) is 0 Å². The van der Waals surface area contributed by atoms with E-state index in [1.807, 2.05) is 6.07 Å². The van der Waals surface area contributed by atoms with Gasteiger partial charge in [0.2, 0.25) is 0 Å². The van der Waals surface area contributed by atoms with Gasteiger partial charge in [0.1, 0.15) is 0 Å². The lowest BCUT2D eigenvalue weighted by atomic mass is 10.0. The highest BCUT2D eigenvalue weighted by Gasteiger charge is 2.53. The lowest BCUT2D eigenvalue weighted by Gasteiger charge is -2.16. The van der Waals surface area contributed by atoms with Crippen LogP contribution < -0.4 is 5.32 Å². The summed E-state index contributed by atoms with van der Waals surface area (Å²) in [6, 6.07) is 5.02. The molecule has 2 aliphatic rings. The van der Waals surface area contributed by atoms with Crippen molar-refractivity contribution < 1.29 is 4.92 Å². The SMILES string of the molecule is O=[N+]([O-])c1ccc(NCC2(C3CC3)CC2)c(I)c1. The molecule has 1 aromatic carbocycles. The van der Waals surface area contributed by atoms with Crippen molar-refractivity contribution >= 4 is 34.0 Å². The molecular formula is C13H15IN2O2. The third kappa shape index (κ3) is 2.32. The maximum Gasteiger partial charge on any atom is 0.270 e. The van der Waals surface area contributed by atoms with Gasteiger partial charge in [-0.1, -0.05) is 0 Å². The molecule has 0 radical (unpaired) electrons. The molecule has 5 heteroatoms. The molecule has 2 aliphatic carbocycles. The van der Waals surface area contributed by atoms with Crippen LogP contribution in [0, 0.1) is 25.0 Å². The molecule has 96 valence electrons. The standard InChI is InChI=1S/C13H15IN2O2/c14-11-7-10(16(17)18)3-4-12(11)15-8-13(5-6-13)9-1-2-9/h3-4,7,9,15H,1-2,5-6,8H2. The summed E-state index contributed by atoms with van der Waals surface area (Å²) < 4.78 is 0.924. The molecule has 2 saturated carbocycles. The first-order valence-corrected chi connectivity index (χ1v) is 7.36. The molecule has 18 heavy (non-hydrogen) atoms. The van der Waals surface area contributed by atoms with E-state index >= 15 is 0 Å². The van der Waals surface area contributed by atoms with Crippen LogP contribution in [0.15, 0.2) is 18.2 Å². The summed E-state index contributed by atoms with van der Waals surface area (Å²) >= 11 is 2.16. The van der Waals surface area contributed by atoms with E-state index in [1.54, 1.807) is 12.1 Å². The largest absolute Gasteiger partial charge is 0.384 e. The van der Waals surface area contributed by atoms with E-state index in [0.717, 1.165) is 21.7 Å². The van der Waals surface area contributed by atoms with Gasteiger partial charge in [-0.15, -0.1) is 0 Å². The minimum atomic E-state index is -0.349. The van der Waals surface area contributed by atoms with E-state index in [9.17, 15) is 10.1 Å². The highest BCUT2D eigenvalue weighted by Crippen LogP contribution is 2.61. The zero-order valence-corrected chi connectivity index (χ0v) is 12.1. The van der Waals surface area contributed by atoms with Gasteiger partial charge in [-0.25, -0.2) is 0 Å². The van der Waals surface area contributed by atoms with E-state index in [2.05, 4.69) is 27.9 Å². The molecule has 3 rings (SSSR count). The van der Waals surface area contributed by atoms with Crippen LogP contribution in [-0.2, 0) is 0 Å². The summed E-state index contributed by atoms with van der Waals surface area (Å²) in [4.78, 5) is 10.3. The summed E-state index contributed by atoms with van der Waals surface area (Å²) in [6.07, 6.45) is 5.46. The van der Waals surface area contributed by atoms with Gasteiger partial charge < -0.3 is 5.32 Å². The number of halogens is 1. The normalized spacial score (nSPS) is 20.5. The number of anilines is 1. The van der Waals surface area contributed by atoms with Crippen molar-refractivity contribution in [3.8, 4) is 0 Å². The van der Waals surface area contributed by atoms with Crippen molar-refractivity contribution in [2.75, 3.05) is 11.9 Å². The Hall–Kier alpha value is -0.850. The second-order valence-electron chi connectivity index (χ2n) is 5.41. The third-order valence-electron chi connectivity index (χ3n) is 4.13. The molecule has 0 amide bonds. The molecule has 0 saturated heterocycles. The minimum absolute atomic E-state index is 0.160. The van der Waals surface area contributed by atoms with Crippen molar-refractivity contribution in [2.24, 2.45) is 11.3 Å². The van der Waals surface area contributed by atoms with E-state index < -0.39 is 0 Å². The molecule has 0 atom stereocenters. The molecule has 4 nitrogen and oxygen atoms in total. The third-order valence-corrected chi connectivity index (χ3v) is 5.02. The van der Waals surface area contributed by atoms with Gasteiger partial charge in [0, 0.05) is 27.9 Å². The number of nitro benzene ring substituents is 1. The Kier molecular flexibility index (Phi) is 2.96. The van der Waals surface area contributed by atoms with Crippen molar-refractivity contribution in [1.82, 2.24) is 0 Å². The van der Waals surface area contributed by atoms with Crippen LogP contribution >= 0.6 is 22.6 Å². The molecular weight excluding hydrogens is 343 g/mol. The van der Waals surface area contributed by atoms with Crippen LogP contribution in [-0.4, -0.2) is 11.5 Å². The van der Waals surface area contributed by atoms with Gasteiger partial charge in [-0.2, -0.15) is 0 Å². The van der Waals surface area contributed by atoms with Crippen LogP contribution in [0.1, 0.15) is 25.7 Å². The lowest BCUT2D eigenvalue weighted by molar-refractivity contribution is -0.384. The highest BCUT2D eigenvalue weighted by molar-refractivity contribution is 14.1. The Morgan fingerprint density at radius 2 is 2.17 bits per heavy atom. The number of rotatable bonds is 5. The van der Waals surface area contributed by atoms with E-state index in [-0.39, 0.29) is 10.6 Å². The van der Waals surface area contributed by atoms with E-state index in [1.165, 1.54) is 25.7 Å². The van der Waals surface area contributed by atoms with Crippen LogP contribution in [0.5, 0.6) is 0 Å². The topological polar surface area (TPSA) is 55.2 Å². The van der Waals surface area contributed by atoms with E-state index in [0.29, 0.717) is 5.41 Å². The quantitative estimate of drug-likeness (QED) is 0.495. The van der Waals surface area contributed by atoms with Gasteiger partial charge >= 0.3 is 0 Å². The van der Waals surface area contributed by atoms with Crippen molar-refractivity contribution in [2.45, 2.75) is 25.7 Å². The molecule has 0 aromatic heterocycles. The van der Waals surface area contributed by atoms with Crippen LogP contribution in [0.4, 0.5) is 11.4 Å².